The van der Waals surface area contributed by atoms with Crippen LogP contribution >= 0.6 is 0 Å². The van der Waals surface area contributed by atoms with Gasteiger partial charge < -0.3 is 25.3 Å². The predicted octanol–water partition coefficient (Wildman–Crippen LogP) is 1.55. The van der Waals surface area contributed by atoms with Crippen LogP contribution in [0, 0.1) is 0 Å². The normalized spacial score (nSPS) is 19.5. The number of amides is 1. The van der Waals surface area contributed by atoms with Crippen molar-refractivity contribution in [2.45, 2.75) is 31.4 Å². The summed E-state index contributed by atoms with van der Waals surface area (Å²) in [6.07, 6.45) is 3.40. The van der Waals surface area contributed by atoms with Gasteiger partial charge in [-0.25, -0.2) is 0 Å². The number of nitrogens with one attached hydrogen (secondary N) is 1. The van der Waals surface area contributed by atoms with E-state index in [0.29, 0.717) is 18.0 Å². The standard InChI is InChI=1S/C16H24N2O4/c1-20-11-13(17)16(19)18-14-7-2-3-8-15(14)22-10-12-6-4-5-9-21-12/h2-3,7-8,12-13H,4-6,9-11,17H2,1H3,(H,18,19). The van der Waals surface area contributed by atoms with Gasteiger partial charge in [0.1, 0.15) is 18.4 Å². The molecule has 6 heteroatoms. The topological polar surface area (TPSA) is 82.8 Å². The van der Waals surface area contributed by atoms with E-state index >= 15 is 0 Å². The Morgan fingerprint density at radius 3 is 3.00 bits per heavy atom. The highest BCUT2D eigenvalue weighted by atomic mass is 16.5. The number of anilines is 1. The zero-order chi connectivity index (χ0) is 15.8. The molecule has 1 fully saturated rings. The van der Waals surface area contributed by atoms with Gasteiger partial charge >= 0.3 is 0 Å². The molecule has 3 N–H and O–H groups in total. The summed E-state index contributed by atoms with van der Waals surface area (Å²) in [6.45, 7) is 1.44. The highest BCUT2D eigenvalue weighted by Crippen LogP contribution is 2.25. The number of hydrogen-bond acceptors (Lipinski definition) is 5. The fraction of sp³-hybridized carbons (Fsp3) is 0.562. The van der Waals surface area contributed by atoms with Crippen LogP contribution in [0.3, 0.4) is 0 Å². The van der Waals surface area contributed by atoms with Gasteiger partial charge in [0.05, 0.1) is 18.4 Å². The summed E-state index contributed by atoms with van der Waals surface area (Å²) in [5, 5.41) is 2.77. The molecule has 1 amide bonds. The molecule has 2 unspecified atom stereocenters. The molecule has 0 radical (unpaired) electrons. The molecule has 1 aliphatic rings. The average molecular weight is 308 g/mol. The molecule has 1 aromatic carbocycles. The van der Waals surface area contributed by atoms with Gasteiger partial charge in [0.15, 0.2) is 0 Å². The molecule has 0 spiro atoms. The minimum atomic E-state index is -0.709. The Labute approximate surface area is 130 Å². The Bertz CT molecular complexity index is 475. The molecule has 1 saturated heterocycles. The van der Waals surface area contributed by atoms with E-state index in [1.807, 2.05) is 18.2 Å². The number of carbonyl (C=O) groups excluding carboxylic acids is 1. The van der Waals surface area contributed by atoms with Crippen molar-refractivity contribution in [2.75, 3.05) is 32.2 Å². The molecule has 6 nitrogen and oxygen atoms in total. The lowest BCUT2D eigenvalue weighted by Crippen LogP contribution is -2.39. The first kappa shape index (κ1) is 16.7. The third kappa shape index (κ3) is 4.98. The third-order valence-corrected chi connectivity index (χ3v) is 3.53. The Morgan fingerprint density at radius 1 is 1.45 bits per heavy atom. The second-order valence-electron chi connectivity index (χ2n) is 5.35. The van der Waals surface area contributed by atoms with E-state index in [0.717, 1.165) is 25.9 Å². The fourth-order valence-electron chi connectivity index (χ4n) is 2.30. The molecular weight excluding hydrogens is 284 g/mol. The van der Waals surface area contributed by atoms with E-state index in [-0.39, 0.29) is 18.6 Å². The van der Waals surface area contributed by atoms with Gasteiger partial charge in [0, 0.05) is 13.7 Å². The molecule has 1 heterocycles. The van der Waals surface area contributed by atoms with Gasteiger partial charge in [-0.15, -0.1) is 0 Å². The quantitative estimate of drug-likeness (QED) is 0.798. The van der Waals surface area contributed by atoms with Crippen molar-refractivity contribution in [1.29, 1.82) is 0 Å². The van der Waals surface area contributed by atoms with E-state index in [1.54, 1.807) is 6.07 Å². The lowest BCUT2D eigenvalue weighted by molar-refractivity contribution is -0.118. The van der Waals surface area contributed by atoms with Crippen molar-refractivity contribution in [1.82, 2.24) is 0 Å². The minimum Gasteiger partial charge on any atom is -0.489 e. The van der Waals surface area contributed by atoms with E-state index in [2.05, 4.69) is 5.32 Å². The van der Waals surface area contributed by atoms with Crippen molar-refractivity contribution in [2.24, 2.45) is 5.73 Å². The number of rotatable bonds is 7. The molecular formula is C16H24N2O4. The Kier molecular flexibility index (Phi) is 6.64. The molecule has 122 valence electrons. The maximum Gasteiger partial charge on any atom is 0.243 e. The predicted molar refractivity (Wildman–Crippen MR) is 84.0 cm³/mol. The van der Waals surface area contributed by atoms with Crippen LogP contribution in [0.1, 0.15) is 19.3 Å². The Balaban J connectivity index is 1.92. The summed E-state index contributed by atoms with van der Waals surface area (Å²) in [6, 6.07) is 6.59. The lowest BCUT2D eigenvalue weighted by atomic mass is 10.1. The van der Waals surface area contributed by atoms with Gasteiger partial charge in [0.25, 0.3) is 0 Å². The van der Waals surface area contributed by atoms with Crippen LogP contribution < -0.4 is 15.8 Å². The molecule has 0 saturated carbocycles. The van der Waals surface area contributed by atoms with Crippen molar-refractivity contribution in [3.8, 4) is 5.75 Å². The summed E-state index contributed by atoms with van der Waals surface area (Å²) < 4.78 is 16.3. The van der Waals surface area contributed by atoms with Gasteiger partial charge in [-0.05, 0) is 31.4 Å². The van der Waals surface area contributed by atoms with Crippen molar-refractivity contribution in [3.05, 3.63) is 24.3 Å². The summed E-state index contributed by atoms with van der Waals surface area (Å²) in [5.41, 5.74) is 6.33. The SMILES string of the molecule is COCC(N)C(=O)Nc1ccccc1OCC1CCCCO1. The van der Waals surface area contributed by atoms with Gasteiger partial charge in [-0.1, -0.05) is 12.1 Å². The maximum absolute atomic E-state index is 12.0. The summed E-state index contributed by atoms with van der Waals surface area (Å²) in [5.74, 6) is 0.321. The van der Waals surface area contributed by atoms with Crippen LogP contribution in [0.4, 0.5) is 5.69 Å². The van der Waals surface area contributed by atoms with Crippen LogP contribution in [-0.2, 0) is 14.3 Å². The second-order valence-corrected chi connectivity index (χ2v) is 5.35. The number of para-hydroxylation sites is 2. The first-order valence-electron chi connectivity index (χ1n) is 7.59. The smallest absolute Gasteiger partial charge is 0.243 e. The fourth-order valence-corrected chi connectivity index (χ4v) is 2.30. The van der Waals surface area contributed by atoms with Crippen molar-refractivity contribution >= 4 is 11.6 Å². The second kappa shape index (κ2) is 8.73. The van der Waals surface area contributed by atoms with Crippen LogP contribution in [0.25, 0.3) is 0 Å². The number of methoxy groups -OCH3 is 1. The minimum absolute atomic E-state index is 0.119. The third-order valence-electron chi connectivity index (χ3n) is 3.53. The highest BCUT2D eigenvalue weighted by molar-refractivity contribution is 5.96. The monoisotopic (exact) mass is 308 g/mol. The number of hydrogen-bond donors (Lipinski definition) is 2. The first-order valence-corrected chi connectivity index (χ1v) is 7.59. The molecule has 2 atom stereocenters. The zero-order valence-corrected chi connectivity index (χ0v) is 12.9. The van der Waals surface area contributed by atoms with Gasteiger partial charge in [0.2, 0.25) is 5.91 Å². The lowest BCUT2D eigenvalue weighted by Gasteiger charge is -2.23. The molecule has 1 aromatic rings. The largest absolute Gasteiger partial charge is 0.489 e. The molecule has 0 aliphatic carbocycles. The molecule has 1 aliphatic heterocycles. The van der Waals surface area contributed by atoms with Crippen LogP contribution in [0.15, 0.2) is 24.3 Å². The number of ether oxygens (including phenoxy) is 3. The zero-order valence-electron chi connectivity index (χ0n) is 12.9. The van der Waals surface area contributed by atoms with Crippen molar-refractivity contribution in [3.63, 3.8) is 0 Å². The number of carbonyl (C=O) groups is 1. The van der Waals surface area contributed by atoms with Crippen LogP contribution in [0.5, 0.6) is 5.75 Å². The summed E-state index contributed by atoms with van der Waals surface area (Å²) in [4.78, 5) is 12.0. The summed E-state index contributed by atoms with van der Waals surface area (Å²) in [7, 11) is 1.51. The Morgan fingerprint density at radius 2 is 2.27 bits per heavy atom. The van der Waals surface area contributed by atoms with Crippen molar-refractivity contribution < 1.29 is 19.0 Å². The Hall–Kier alpha value is -1.63. The molecule has 2 rings (SSSR count). The van der Waals surface area contributed by atoms with E-state index in [4.69, 9.17) is 19.9 Å². The maximum atomic E-state index is 12.0. The van der Waals surface area contributed by atoms with Crippen LogP contribution in [-0.4, -0.2) is 45.0 Å². The molecule has 0 aromatic heterocycles. The van der Waals surface area contributed by atoms with E-state index in [1.165, 1.54) is 7.11 Å². The van der Waals surface area contributed by atoms with E-state index < -0.39 is 6.04 Å². The van der Waals surface area contributed by atoms with Gasteiger partial charge in [-0.2, -0.15) is 0 Å². The van der Waals surface area contributed by atoms with E-state index in [9.17, 15) is 4.79 Å². The van der Waals surface area contributed by atoms with Crippen LogP contribution in [0.2, 0.25) is 0 Å². The highest BCUT2D eigenvalue weighted by Gasteiger charge is 2.17. The van der Waals surface area contributed by atoms with Gasteiger partial charge in [-0.3, -0.25) is 4.79 Å². The number of nitrogens with two attached hydrogens (primary N) is 1. The average Bonchev–Trinajstić information content (AvgIpc) is 2.55. The molecule has 22 heavy (non-hydrogen) atoms. The molecule has 0 bridgehead atoms. The summed E-state index contributed by atoms with van der Waals surface area (Å²) >= 11 is 0. The first-order chi connectivity index (χ1) is 10.7. The number of benzene rings is 1.